The van der Waals surface area contributed by atoms with Crippen LogP contribution in [-0.4, -0.2) is 35.4 Å². The number of allylic oxidation sites excluding steroid dienone is 1. The van der Waals surface area contributed by atoms with Crippen LogP contribution in [0.1, 0.15) is 65.2 Å². The van der Waals surface area contributed by atoms with Crippen molar-refractivity contribution in [2.45, 2.75) is 82.9 Å². The fourth-order valence-electron chi connectivity index (χ4n) is 5.25. The molecule has 2 aliphatic heterocycles. The smallest absolute Gasteiger partial charge is 0.333 e. The normalized spacial score (nSPS) is 42.9. The van der Waals surface area contributed by atoms with Gasteiger partial charge in [0, 0.05) is 28.6 Å². The van der Waals surface area contributed by atoms with Gasteiger partial charge in [-0.2, -0.15) is 0 Å². The maximum absolute atomic E-state index is 12.2. The third-order valence-corrected chi connectivity index (χ3v) is 7.03. The first-order valence-corrected chi connectivity index (χ1v) is 11.1. The molecule has 2 bridgehead atoms. The molecule has 1 aliphatic carbocycles. The summed E-state index contributed by atoms with van der Waals surface area (Å²) in [5.41, 5.74) is 0.838. The first-order chi connectivity index (χ1) is 13.4. The van der Waals surface area contributed by atoms with Crippen LogP contribution in [0.5, 0.6) is 0 Å². The molecule has 0 unspecified atom stereocenters. The van der Waals surface area contributed by atoms with Crippen LogP contribution in [0.4, 0.5) is 0 Å². The third kappa shape index (κ3) is 5.28. The number of hydrogen-bond acceptors (Lipinski definition) is 4. The van der Waals surface area contributed by atoms with E-state index >= 15 is 0 Å². The molecule has 2 fully saturated rings. The minimum Gasteiger partial charge on any atom is -0.462 e. The van der Waals surface area contributed by atoms with Gasteiger partial charge in [-0.1, -0.05) is 49.6 Å². The van der Waals surface area contributed by atoms with Crippen LogP contribution in [0.15, 0.2) is 34.9 Å². The zero-order valence-electron chi connectivity index (χ0n) is 17.1. The number of halogens is 1. The SMILES string of the molecule is C/C1=C\C[C@H]2CCC[C@]3(CCC[C@@H]3[C@@H](C)/C=C/[C@@H](O)/C=C(\Cl)CCOC1=O)N2. The van der Waals surface area contributed by atoms with Crippen LogP contribution in [0.2, 0.25) is 0 Å². The second-order valence-corrected chi connectivity index (χ2v) is 9.23. The molecule has 0 amide bonds. The van der Waals surface area contributed by atoms with Crippen molar-refractivity contribution in [3.63, 3.8) is 0 Å². The first kappa shape index (κ1) is 21.6. The molecule has 0 radical (unpaired) electrons. The highest BCUT2D eigenvalue weighted by Gasteiger charge is 2.46. The number of cyclic esters (lactones) is 1. The van der Waals surface area contributed by atoms with Crippen LogP contribution in [0.3, 0.4) is 0 Å². The van der Waals surface area contributed by atoms with Crippen molar-refractivity contribution in [1.82, 2.24) is 5.32 Å². The van der Waals surface area contributed by atoms with Gasteiger partial charge in [0.05, 0.1) is 12.7 Å². The number of carbonyl (C=O) groups is 1. The lowest BCUT2D eigenvalue weighted by Crippen LogP contribution is -2.56. The van der Waals surface area contributed by atoms with Gasteiger partial charge in [0.1, 0.15) is 0 Å². The number of rotatable bonds is 0. The van der Waals surface area contributed by atoms with Gasteiger partial charge < -0.3 is 15.2 Å². The highest BCUT2D eigenvalue weighted by atomic mass is 35.5. The molecule has 1 saturated carbocycles. The van der Waals surface area contributed by atoms with Crippen molar-refractivity contribution < 1.29 is 14.6 Å². The summed E-state index contributed by atoms with van der Waals surface area (Å²) in [5, 5.41) is 14.8. The van der Waals surface area contributed by atoms with Gasteiger partial charge >= 0.3 is 5.97 Å². The first-order valence-electron chi connectivity index (χ1n) is 10.7. The molecule has 3 rings (SSSR count). The van der Waals surface area contributed by atoms with Crippen molar-refractivity contribution in [1.29, 1.82) is 0 Å². The number of aliphatic hydroxyl groups is 1. The third-order valence-electron chi connectivity index (χ3n) is 6.72. The molecule has 3 aliphatic rings. The van der Waals surface area contributed by atoms with E-state index in [-0.39, 0.29) is 18.1 Å². The number of nitrogens with one attached hydrogen (secondary N) is 1. The van der Waals surface area contributed by atoms with Crippen LogP contribution in [0, 0.1) is 11.8 Å². The molecule has 0 aromatic heterocycles. The van der Waals surface area contributed by atoms with Gasteiger partial charge in [0.15, 0.2) is 0 Å². The lowest BCUT2D eigenvalue weighted by atomic mass is 9.72. The molecular weight excluding hydrogens is 374 g/mol. The highest BCUT2D eigenvalue weighted by Crippen LogP contribution is 2.46. The van der Waals surface area contributed by atoms with E-state index in [1.807, 2.05) is 19.1 Å². The van der Waals surface area contributed by atoms with Crippen LogP contribution >= 0.6 is 11.6 Å². The fraction of sp³-hybridized carbons (Fsp3) is 0.696. The molecule has 4 nitrogen and oxygen atoms in total. The summed E-state index contributed by atoms with van der Waals surface area (Å²) in [4.78, 5) is 12.2. The number of fused-ring (bicyclic) bond motifs is 1. The highest BCUT2D eigenvalue weighted by molar-refractivity contribution is 6.29. The predicted molar refractivity (Wildman–Crippen MR) is 113 cm³/mol. The average molecular weight is 408 g/mol. The van der Waals surface area contributed by atoms with E-state index in [0.717, 1.165) is 12.8 Å². The quantitative estimate of drug-likeness (QED) is 0.454. The summed E-state index contributed by atoms with van der Waals surface area (Å²) in [5.74, 6) is 0.685. The van der Waals surface area contributed by atoms with Gasteiger partial charge in [-0.25, -0.2) is 4.79 Å². The second-order valence-electron chi connectivity index (χ2n) is 8.75. The van der Waals surface area contributed by atoms with Crippen molar-refractivity contribution >= 4 is 17.6 Å². The summed E-state index contributed by atoms with van der Waals surface area (Å²) in [6, 6.07) is 0.408. The van der Waals surface area contributed by atoms with Crippen LogP contribution in [-0.2, 0) is 9.53 Å². The Labute approximate surface area is 174 Å². The Hall–Kier alpha value is -1.10. The van der Waals surface area contributed by atoms with E-state index in [1.165, 1.54) is 32.1 Å². The minimum atomic E-state index is -0.715. The molecule has 2 N–H and O–H groups in total. The van der Waals surface area contributed by atoms with Crippen LogP contribution in [0.25, 0.3) is 0 Å². The molecule has 5 atom stereocenters. The minimum absolute atomic E-state index is 0.182. The maximum atomic E-state index is 12.2. The molecule has 28 heavy (non-hydrogen) atoms. The Bertz CT molecular complexity index is 656. The van der Waals surface area contributed by atoms with E-state index in [2.05, 4.69) is 18.3 Å². The zero-order valence-corrected chi connectivity index (χ0v) is 17.9. The predicted octanol–water partition coefficient (Wildman–Crippen LogP) is 4.63. The van der Waals surface area contributed by atoms with Gasteiger partial charge in [-0.05, 0) is 56.9 Å². The molecule has 5 heteroatoms. The molecule has 2 heterocycles. The topological polar surface area (TPSA) is 58.6 Å². The Morgan fingerprint density at radius 2 is 2.00 bits per heavy atom. The molecule has 1 saturated heterocycles. The number of piperidine rings is 1. The molecule has 0 aromatic rings. The number of aliphatic hydroxyl groups excluding tert-OH is 1. The summed E-state index contributed by atoms with van der Waals surface area (Å²) in [6.07, 6.45) is 15.5. The Morgan fingerprint density at radius 3 is 2.79 bits per heavy atom. The van der Waals surface area contributed by atoms with E-state index < -0.39 is 6.10 Å². The molecular formula is C23H34ClNO3. The van der Waals surface area contributed by atoms with Gasteiger partial charge in [-0.3, -0.25) is 0 Å². The Morgan fingerprint density at radius 1 is 1.25 bits per heavy atom. The van der Waals surface area contributed by atoms with E-state index in [0.29, 0.717) is 34.9 Å². The molecule has 0 aromatic carbocycles. The number of esters is 1. The van der Waals surface area contributed by atoms with Crippen LogP contribution < -0.4 is 5.32 Å². The molecule has 1 spiro atoms. The summed E-state index contributed by atoms with van der Waals surface area (Å²) in [6.45, 7) is 4.31. The number of carbonyl (C=O) groups excluding carboxylic acids is 1. The number of hydrogen-bond donors (Lipinski definition) is 2. The second kappa shape index (κ2) is 9.60. The van der Waals surface area contributed by atoms with Gasteiger partial charge in [0.2, 0.25) is 0 Å². The van der Waals surface area contributed by atoms with E-state index in [4.69, 9.17) is 16.3 Å². The van der Waals surface area contributed by atoms with E-state index in [1.54, 1.807) is 6.08 Å². The van der Waals surface area contributed by atoms with Crippen molar-refractivity contribution in [3.05, 3.63) is 34.9 Å². The zero-order chi connectivity index (χ0) is 20.1. The molecule has 156 valence electrons. The Kier molecular flexibility index (Phi) is 7.41. The van der Waals surface area contributed by atoms with Gasteiger partial charge in [0.25, 0.3) is 0 Å². The van der Waals surface area contributed by atoms with Gasteiger partial charge in [-0.15, -0.1) is 0 Å². The van der Waals surface area contributed by atoms with Crippen molar-refractivity contribution in [2.24, 2.45) is 11.8 Å². The lowest BCUT2D eigenvalue weighted by Gasteiger charge is -2.45. The van der Waals surface area contributed by atoms with E-state index in [9.17, 15) is 9.90 Å². The standard InChI is InChI=1S/C23H34ClNO3/c1-16-8-10-20(26)15-18(24)11-14-28-22(27)17(2)7-9-19-5-3-12-23(25-19)13-4-6-21(16)23/h7-8,10,15-16,19-21,25-26H,3-6,9,11-14H2,1-2H3/b10-8+,17-7+,18-15-/t16-,19+,20+,21+,23+/m0/s1. The van der Waals surface area contributed by atoms with Crippen molar-refractivity contribution in [2.75, 3.05) is 6.61 Å². The van der Waals surface area contributed by atoms with Crippen molar-refractivity contribution in [3.8, 4) is 0 Å². The summed E-state index contributed by atoms with van der Waals surface area (Å²) < 4.78 is 5.32. The Balaban J connectivity index is 1.84. The summed E-state index contributed by atoms with van der Waals surface area (Å²) >= 11 is 6.20. The number of ether oxygens (including phenoxy) is 1. The summed E-state index contributed by atoms with van der Waals surface area (Å²) in [7, 11) is 0. The maximum Gasteiger partial charge on any atom is 0.333 e. The fourth-order valence-corrected chi connectivity index (χ4v) is 5.46. The lowest BCUT2D eigenvalue weighted by molar-refractivity contribution is -0.138. The largest absolute Gasteiger partial charge is 0.462 e. The average Bonchev–Trinajstić information content (AvgIpc) is 3.06. The monoisotopic (exact) mass is 407 g/mol.